The van der Waals surface area contributed by atoms with Gasteiger partial charge >= 0.3 is 6.36 Å². The van der Waals surface area contributed by atoms with Crippen molar-refractivity contribution in [2.24, 2.45) is 5.73 Å². The Balaban J connectivity index is 1.48. The summed E-state index contributed by atoms with van der Waals surface area (Å²) in [5.74, 6) is -1.92. The second-order valence-electron chi connectivity index (χ2n) is 7.86. The van der Waals surface area contributed by atoms with Gasteiger partial charge in [0.05, 0.1) is 5.56 Å². The zero-order chi connectivity index (χ0) is 24.5. The van der Waals surface area contributed by atoms with Gasteiger partial charge in [0.25, 0.3) is 5.91 Å². The van der Waals surface area contributed by atoms with E-state index in [4.69, 9.17) is 5.73 Å². The summed E-state index contributed by atoms with van der Waals surface area (Å²) in [5.41, 5.74) is 6.52. The van der Waals surface area contributed by atoms with Crippen LogP contribution in [0.1, 0.15) is 23.2 Å². The number of nitrogens with one attached hydrogen (secondary N) is 1. The molecule has 3 N–H and O–H groups in total. The number of hydrogen-bond acceptors (Lipinski definition) is 4. The monoisotopic (exact) mass is 474 g/mol. The molecule has 3 amide bonds. The quantitative estimate of drug-likeness (QED) is 0.572. The van der Waals surface area contributed by atoms with Crippen molar-refractivity contribution in [2.75, 3.05) is 11.9 Å². The van der Waals surface area contributed by atoms with Crippen molar-refractivity contribution in [1.82, 2.24) is 9.47 Å². The van der Waals surface area contributed by atoms with Gasteiger partial charge in [0.15, 0.2) is 0 Å². The van der Waals surface area contributed by atoms with E-state index in [-0.39, 0.29) is 18.1 Å². The number of fused-ring (bicyclic) bond motifs is 1. The van der Waals surface area contributed by atoms with Gasteiger partial charge in [-0.1, -0.05) is 24.3 Å². The summed E-state index contributed by atoms with van der Waals surface area (Å²) in [4.78, 5) is 39.1. The molecule has 0 radical (unpaired) electrons. The molecule has 11 heteroatoms. The number of amides is 3. The van der Waals surface area contributed by atoms with Crippen molar-refractivity contribution in [3.8, 4) is 5.75 Å². The van der Waals surface area contributed by atoms with Crippen LogP contribution in [0.3, 0.4) is 0 Å². The molecule has 2 heterocycles. The van der Waals surface area contributed by atoms with Crippen LogP contribution >= 0.6 is 0 Å². The van der Waals surface area contributed by atoms with Crippen molar-refractivity contribution in [3.05, 3.63) is 60.3 Å². The third-order valence-electron chi connectivity index (χ3n) is 5.57. The Morgan fingerprint density at radius 3 is 2.62 bits per heavy atom. The third kappa shape index (κ3) is 4.98. The van der Waals surface area contributed by atoms with Gasteiger partial charge in [-0.05, 0) is 31.0 Å². The van der Waals surface area contributed by atoms with Gasteiger partial charge < -0.3 is 25.3 Å². The molecule has 1 fully saturated rings. The molecule has 8 nitrogen and oxygen atoms in total. The molecule has 0 unspecified atom stereocenters. The Kier molecular flexibility index (Phi) is 6.18. The number of alkyl halides is 3. The number of primary amides is 1. The number of benzene rings is 2. The smallest absolute Gasteiger partial charge is 0.406 e. The number of halogens is 3. The number of nitrogens with two attached hydrogens (primary N) is 1. The Labute approximate surface area is 192 Å². The molecule has 0 saturated carbocycles. The van der Waals surface area contributed by atoms with Crippen molar-refractivity contribution in [1.29, 1.82) is 0 Å². The van der Waals surface area contributed by atoms with Crippen LogP contribution in [0, 0.1) is 0 Å². The number of anilines is 1. The van der Waals surface area contributed by atoms with E-state index in [2.05, 4.69) is 10.1 Å². The summed E-state index contributed by atoms with van der Waals surface area (Å²) < 4.78 is 42.9. The highest BCUT2D eigenvalue weighted by Crippen LogP contribution is 2.27. The molecule has 34 heavy (non-hydrogen) atoms. The van der Waals surface area contributed by atoms with Gasteiger partial charge in [-0.3, -0.25) is 14.4 Å². The highest BCUT2D eigenvalue weighted by atomic mass is 19.4. The standard InChI is InChI=1S/C23H21F3N4O4/c24-23(25,26)34-15-6-3-5-14(11-15)28-22(33)19-9-4-10-30(19)20(31)13-29-12-17(21(27)32)16-7-1-2-8-18(16)29/h1-3,5-8,11-12,19H,4,9-10,13H2,(H2,27,32)(H,28,33)/t19-/m0/s1. The lowest BCUT2D eigenvalue weighted by atomic mass is 10.2. The molecular weight excluding hydrogens is 453 g/mol. The van der Waals surface area contributed by atoms with Crippen LogP contribution in [0.5, 0.6) is 5.75 Å². The molecule has 1 aliphatic heterocycles. The van der Waals surface area contributed by atoms with E-state index in [9.17, 15) is 27.6 Å². The first kappa shape index (κ1) is 23.1. The lowest BCUT2D eigenvalue weighted by Crippen LogP contribution is -2.44. The number of carbonyl (C=O) groups excluding carboxylic acids is 3. The van der Waals surface area contributed by atoms with Crippen LogP contribution in [-0.2, 0) is 16.1 Å². The van der Waals surface area contributed by atoms with E-state index in [0.717, 1.165) is 12.1 Å². The van der Waals surface area contributed by atoms with E-state index >= 15 is 0 Å². The minimum atomic E-state index is -4.85. The number of ether oxygens (including phenoxy) is 1. The van der Waals surface area contributed by atoms with Crippen molar-refractivity contribution in [3.63, 3.8) is 0 Å². The van der Waals surface area contributed by atoms with Gasteiger partial charge in [-0.2, -0.15) is 0 Å². The average molecular weight is 474 g/mol. The fourth-order valence-electron chi connectivity index (χ4n) is 4.14. The van der Waals surface area contributed by atoms with Gasteiger partial charge in [0, 0.05) is 35.4 Å². The highest BCUT2D eigenvalue weighted by Gasteiger charge is 2.35. The fraction of sp³-hybridized carbons (Fsp3) is 0.261. The maximum Gasteiger partial charge on any atom is 0.573 e. The molecule has 1 atom stereocenters. The predicted molar refractivity (Wildman–Crippen MR) is 117 cm³/mol. The van der Waals surface area contributed by atoms with E-state index in [1.165, 1.54) is 23.2 Å². The van der Waals surface area contributed by atoms with Gasteiger partial charge in [0.2, 0.25) is 11.8 Å². The Hall–Kier alpha value is -4.02. The molecule has 0 spiro atoms. The highest BCUT2D eigenvalue weighted by molar-refractivity contribution is 6.06. The first-order chi connectivity index (χ1) is 16.1. The first-order valence-electron chi connectivity index (χ1n) is 10.5. The van der Waals surface area contributed by atoms with Crippen LogP contribution in [-0.4, -0.2) is 46.1 Å². The summed E-state index contributed by atoms with van der Waals surface area (Å²) in [7, 11) is 0. The van der Waals surface area contributed by atoms with Crippen molar-refractivity contribution >= 4 is 34.3 Å². The summed E-state index contributed by atoms with van der Waals surface area (Å²) in [6.45, 7) is 0.252. The second kappa shape index (κ2) is 9.08. The third-order valence-corrected chi connectivity index (χ3v) is 5.57. The molecular formula is C23H21F3N4O4. The van der Waals surface area contributed by atoms with Crippen LogP contribution < -0.4 is 15.8 Å². The van der Waals surface area contributed by atoms with Crippen LogP contribution in [0.15, 0.2) is 54.7 Å². The summed E-state index contributed by atoms with van der Waals surface area (Å²) in [6, 6.07) is 11.2. The number of likely N-dealkylation sites (tertiary alicyclic amines) is 1. The molecule has 178 valence electrons. The summed E-state index contributed by atoms with van der Waals surface area (Å²) in [6.07, 6.45) is -2.33. The summed E-state index contributed by atoms with van der Waals surface area (Å²) in [5, 5.41) is 3.18. The topological polar surface area (TPSA) is 107 Å². The number of aromatic nitrogens is 1. The molecule has 3 aromatic rings. The zero-order valence-electron chi connectivity index (χ0n) is 17.8. The maximum absolute atomic E-state index is 13.1. The molecule has 0 bridgehead atoms. The van der Waals surface area contributed by atoms with Crippen molar-refractivity contribution in [2.45, 2.75) is 31.8 Å². The largest absolute Gasteiger partial charge is 0.573 e. The zero-order valence-corrected chi connectivity index (χ0v) is 17.8. The van der Waals surface area contributed by atoms with Crippen LogP contribution in [0.2, 0.25) is 0 Å². The second-order valence-corrected chi connectivity index (χ2v) is 7.86. The molecule has 1 saturated heterocycles. The Bertz CT molecular complexity index is 1250. The lowest BCUT2D eigenvalue weighted by Gasteiger charge is -2.24. The number of carbonyl (C=O) groups is 3. The van der Waals surface area contributed by atoms with Crippen LogP contribution in [0.25, 0.3) is 10.9 Å². The maximum atomic E-state index is 13.1. The number of para-hydroxylation sites is 1. The van der Waals surface area contributed by atoms with E-state index in [1.54, 1.807) is 28.8 Å². The predicted octanol–water partition coefficient (Wildman–Crippen LogP) is 3.27. The minimum Gasteiger partial charge on any atom is -0.406 e. The molecule has 1 aliphatic rings. The molecule has 1 aromatic heterocycles. The van der Waals surface area contributed by atoms with Gasteiger partial charge in [-0.15, -0.1) is 13.2 Å². The fourth-order valence-corrected chi connectivity index (χ4v) is 4.14. The van der Waals surface area contributed by atoms with E-state index in [0.29, 0.717) is 35.9 Å². The number of rotatable bonds is 6. The number of nitrogens with zero attached hydrogens (tertiary/aromatic N) is 2. The molecule has 4 rings (SSSR count). The van der Waals surface area contributed by atoms with Crippen LogP contribution in [0.4, 0.5) is 18.9 Å². The lowest BCUT2D eigenvalue weighted by molar-refractivity contribution is -0.274. The molecule has 2 aromatic carbocycles. The van der Waals surface area contributed by atoms with Gasteiger partial charge in [-0.25, -0.2) is 0 Å². The first-order valence-corrected chi connectivity index (χ1v) is 10.5. The average Bonchev–Trinajstić information content (AvgIpc) is 3.38. The van der Waals surface area contributed by atoms with E-state index < -0.39 is 30.0 Å². The minimum absolute atomic E-state index is 0.105. The molecule has 0 aliphatic carbocycles. The SMILES string of the molecule is NC(=O)c1cn(CC(=O)N2CCC[C@H]2C(=O)Nc2cccc(OC(F)(F)F)c2)c2ccccc12. The van der Waals surface area contributed by atoms with Crippen molar-refractivity contribution < 1.29 is 32.3 Å². The number of hydrogen-bond donors (Lipinski definition) is 2. The normalized spacial score (nSPS) is 16.0. The Morgan fingerprint density at radius 1 is 1.12 bits per heavy atom. The van der Waals surface area contributed by atoms with E-state index in [1.807, 2.05) is 0 Å². The van der Waals surface area contributed by atoms with Gasteiger partial charge in [0.1, 0.15) is 18.3 Å². The Morgan fingerprint density at radius 2 is 1.88 bits per heavy atom. The summed E-state index contributed by atoms with van der Waals surface area (Å²) >= 11 is 0.